The number of ether oxygens (including phenoxy) is 4. The van der Waals surface area contributed by atoms with Gasteiger partial charge in [-0.1, -0.05) is 110 Å². The molecule has 0 radical (unpaired) electrons. The van der Waals surface area contributed by atoms with Crippen molar-refractivity contribution < 1.29 is 48.3 Å². The predicted molar refractivity (Wildman–Crippen MR) is 237 cm³/mol. The first-order chi connectivity index (χ1) is 31.2. The molecule has 0 bridgehead atoms. The van der Waals surface area contributed by atoms with E-state index in [1.165, 1.54) is 13.2 Å². The highest BCUT2D eigenvalue weighted by Crippen LogP contribution is 2.66. The normalized spacial score (nSPS) is 24.7. The summed E-state index contributed by atoms with van der Waals surface area (Å²) < 4.78 is 23.6. The number of cyclic esters (lactones) is 1. The summed E-state index contributed by atoms with van der Waals surface area (Å²) in [6.45, 7) is 3.25. The first-order valence-electron chi connectivity index (χ1n) is 21.9. The van der Waals surface area contributed by atoms with Crippen LogP contribution in [0.4, 0.5) is 10.5 Å². The van der Waals surface area contributed by atoms with Gasteiger partial charge < -0.3 is 34.5 Å². The number of hydrogen-bond donors (Lipinski definition) is 3. The van der Waals surface area contributed by atoms with E-state index in [1.54, 1.807) is 42.5 Å². The van der Waals surface area contributed by atoms with Crippen LogP contribution in [0.3, 0.4) is 0 Å². The van der Waals surface area contributed by atoms with E-state index in [2.05, 4.69) is 23.7 Å². The lowest BCUT2D eigenvalue weighted by molar-refractivity contribution is -0.178. The number of morpholine rings is 1. The van der Waals surface area contributed by atoms with Crippen molar-refractivity contribution in [2.24, 2.45) is 5.92 Å². The molecule has 3 N–H and O–H groups in total. The second kappa shape index (κ2) is 19.2. The topological polar surface area (TPSA) is 164 Å². The quantitative estimate of drug-likeness (QED) is 0.0486. The summed E-state index contributed by atoms with van der Waals surface area (Å²) in [5, 5.41) is 24.6. The Balaban J connectivity index is 1.46. The molecular weight excluding hydrogens is 815 g/mol. The number of esters is 1. The Morgan fingerprint density at radius 3 is 2.27 bits per heavy atom. The standard InChI is InChI=1S/C51H53N3O10/c1-3-28-52-46(56)41-43-47(57)64-44(36-18-10-7-11-19-36)42(35-16-8-6-9-17-35)54(43)45(37-20-12-13-21-40(37)62-30-29-55)51(41)38-33-34(24-27-50(60)25-14-4-5-15-26-50)22-23-39(38)53(48(51)58)49(59)63-32-31-61-2/h3,6-13,16-23,33,41-45,55,60H,1,4-5,14-15,25-26,28-32H2,2H3,(H,52,56)/t41-,42-,43-,44+,45+,51-/m0/s1. The van der Waals surface area contributed by atoms with Crippen LogP contribution >= 0.6 is 0 Å². The average Bonchev–Trinajstić information content (AvgIpc) is 3.65. The predicted octanol–water partition coefficient (Wildman–Crippen LogP) is 6.25. The van der Waals surface area contributed by atoms with Crippen LogP contribution in [-0.4, -0.2) is 90.7 Å². The van der Waals surface area contributed by atoms with E-state index >= 15 is 14.4 Å². The summed E-state index contributed by atoms with van der Waals surface area (Å²) in [6.07, 6.45) is 4.23. The van der Waals surface area contributed by atoms with Crippen molar-refractivity contribution in [3.8, 4) is 17.6 Å². The second-order valence-electron chi connectivity index (χ2n) is 16.6. The number of aliphatic hydroxyl groups excluding tert-OH is 1. The maximum Gasteiger partial charge on any atom is 0.421 e. The molecule has 0 unspecified atom stereocenters. The zero-order valence-electron chi connectivity index (χ0n) is 35.8. The number of nitrogens with one attached hydrogen (secondary N) is 1. The van der Waals surface area contributed by atoms with Crippen molar-refractivity contribution in [1.29, 1.82) is 0 Å². The molecule has 4 aromatic carbocycles. The number of nitrogens with zero attached hydrogens (tertiary/aromatic N) is 2. The lowest BCUT2D eigenvalue weighted by Gasteiger charge is -2.46. The molecule has 6 atom stereocenters. The van der Waals surface area contributed by atoms with Crippen LogP contribution in [0.2, 0.25) is 0 Å². The van der Waals surface area contributed by atoms with E-state index in [0.29, 0.717) is 29.5 Å². The zero-order valence-corrected chi connectivity index (χ0v) is 35.8. The third-order valence-corrected chi connectivity index (χ3v) is 12.8. The monoisotopic (exact) mass is 867 g/mol. The van der Waals surface area contributed by atoms with Gasteiger partial charge in [-0.15, -0.1) is 6.58 Å². The number of fused-ring (bicyclic) bond motifs is 3. The highest BCUT2D eigenvalue weighted by atomic mass is 16.6. The summed E-state index contributed by atoms with van der Waals surface area (Å²) in [4.78, 5) is 64.0. The molecule has 3 fully saturated rings. The Hall–Kier alpha value is -6.30. The minimum absolute atomic E-state index is 0.00325. The molecule has 13 nitrogen and oxygen atoms in total. The van der Waals surface area contributed by atoms with Gasteiger partial charge in [-0.2, -0.15) is 0 Å². The highest BCUT2D eigenvalue weighted by Gasteiger charge is 2.76. The van der Waals surface area contributed by atoms with Gasteiger partial charge in [-0.3, -0.25) is 19.3 Å². The van der Waals surface area contributed by atoms with Gasteiger partial charge in [0.1, 0.15) is 42.1 Å². The fourth-order valence-corrected chi connectivity index (χ4v) is 10.1. The molecular formula is C51H53N3O10. The summed E-state index contributed by atoms with van der Waals surface area (Å²) in [5.74, 6) is 2.84. The van der Waals surface area contributed by atoms with Crippen molar-refractivity contribution >= 4 is 29.6 Å². The number of imide groups is 1. The van der Waals surface area contributed by atoms with Crippen LogP contribution in [0.1, 0.15) is 84.5 Å². The summed E-state index contributed by atoms with van der Waals surface area (Å²) in [7, 11) is 1.46. The highest BCUT2D eigenvalue weighted by molar-refractivity contribution is 6.23. The minimum atomic E-state index is -2.08. The van der Waals surface area contributed by atoms with Crippen molar-refractivity contribution in [2.75, 3.05) is 45.0 Å². The van der Waals surface area contributed by atoms with Gasteiger partial charge in [-0.25, -0.2) is 9.69 Å². The van der Waals surface area contributed by atoms with Crippen LogP contribution in [-0.2, 0) is 34.0 Å². The Bertz CT molecular complexity index is 2420. The van der Waals surface area contributed by atoms with Gasteiger partial charge in [0, 0.05) is 24.8 Å². The third kappa shape index (κ3) is 8.07. The molecule has 2 saturated heterocycles. The maximum atomic E-state index is 16.3. The molecule has 3 amide bonds. The van der Waals surface area contributed by atoms with E-state index < -0.39 is 65.0 Å². The number of rotatable bonds is 12. The lowest BCUT2D eigenvalue weighted by Crippen LogP contribution is -2.55. The van der Waals surface area contributed by atoms with E-state index in [9.17, 15) is 15.0 Å². The van der Waals surface area contributed by atoms with Crippen molar-refractivity contribution in [3.63, 3.8) is 0 Å². The molecule has 13 heteroatoms. The molecule has 1 saturated carbocycles. The van der Waals surface area contributed by atoms with Crippen LogP contribution in [0.5, 0.6) is 5.75 Å². The Morgan fingerprint density at radius 1 is 0.891 bits per heavy atom. The number of carbonyl (C=O) groups is 4. The van der Waals surface area contributed by atoms with Gasteiger partial charge in [-0.05, 0) is 66.6 Å². The Morgan fingerprint density at radius 2 is 1.58 bits per heavy atom. The second-order valence-corrected chi connectivity index (χ2v) is 16.6. The zero-order chi connectivity index (χ0) is 44.8. The molecule has 4 aromatic rings. The SMILES string of the molecule is C=CCNC(=O)[C@@H]1[C@H]2C(=O)O[C@H](c3ccccc3)[C@H](c3ccccc3)N2[C@H](c2ccccc2OCCO)[C@@]12C(=O)N(C(=O)OCCOC)c1ccc(C#CC3(O)CCCCCC3)cc12. The molecule has 332 valence electrons. The van der Waals surface area contributed by atoms with E-state index in [-0.39, 0.29) is 50.0 Å². The lowest BCUT2D eigenvalue weighted by atomic mass is 9.65. The molecule has 3 aliphatic heterocycles. The number of aliphatic hydroxyl groups is 2. The van der Waals surface area contributed by atoms with Gasteiger partial charge in [0.15, 0.2) is 0 Å². The number of amides is 3. The number of carbonyl (C=O) groups excluding carboxylic acids is 4. The first-order valence-corrected chi connectivity index (χ1v) is 21.9. The largest absolute Gasteiger partial charge is 0.491 e. The van der Waals surface area contributed by atoms with Crippen molar-refractivity contribution in [3.05, 3.63) is 144 Å². The van der Waals surface area contributed by atoms with Crippen LogP contribution in [0.15, 0.2) is 116 Å². The summed E-state index contributed by atoms with van der Waals surface area (Å²) in [5.41, 5.74) is -0.697. The van der Waals surface area contributed by atoms with Gasteiger partial charge in [0.25, 0.3) is 0 Å². The molecule has 1 aliphatic carbocycles. The van der Waals surface area contributed by atoms with Crippen molar-refractivity contribution in [2.45, 2.75) is 73.8 Å². The van der Waals surface area contributed by atoms with Gasteiger partial charge >= 0.3 is 12.1 Å². The number of benzene rings is 4. The molecule has 1 spiro atoms. The van der Waals surface area contributed by atoms with Gasteiger partial charge in [0.2, 0.25) is 11.8 Å². The van der Waals surface area contributed by atoms with Crippen LogP contribution < -0.4 is 15.0 Å². The number of anilines is 1. The molecule has 4 aliphatic rings. The smallest absolute Gasteiger partial charge is 0.421 e. The minimum Gasteiger partial charge on any atom is -0.491 e. The number of para-hydroxylation sites is 1. The Kier molecular flexibility index (Phi) is 13.3. The fraction of sp³-hybridized carbons (Fsp3) is 0.373. The number of methoxy groups -OCH3 is 1. The summed E-state index contributed by atoms with van der Waals surface area (Å²) >= 11 is 0. The molecule has 64 heavy (non-hydrogen) atoms. The van der Waals surface area contributed by atoms with Crippen molar-refractivity contribution in [1.82, 2.24) is 10.2 Å². The molecule has 0 aromatic heterocycles. The first kappa shape index (κ1) is 44.3. The average molecular weight is 868 g/mol. The van der Waals surface area contributed by atoms with Crippen LogP contribution in [0, 0.1) is 17.8 Å². The number of hydrogen-bond acceptors (Lipinski definition) is 11. The van der Waals surface area contributed by atoms with E-state index in [1.807, 2.05) is 65.6 Å². The van der Waals surface area contributed by atoms with E-state index in [4.69, 9.17) is 18.9 Å². The fourth-order valence-electron chi connectivity index (χ4n) is 10.1. The third-order valence-electron chi connectivity index (χ3n) is 12.8. The Labute approximate surface area is 373 Å². The van der Waals surface area contributed by atoms with Gasteiger partial charge in [0.05, 0.1) is 36.9 Å². The summed E-state index contributed by atoms with van der Waals surface area (Å²) in [6, 6.07) is 27.2. The molecule has 3 heterocycles. The molecule has 8 rings (SSSR count). The maximum absolute atomic E-state index is 16.3. The van der Waals surface area contributed by atoms with E-state index in [0.717, 1.165) is 36.1 Å². The van der Waals surface area contributed by atoms with Crippen LogP contribution in [0.25, 0.3) is 0 Å².